The first-order valence-electron chi connectivity index (χ1n) is 48.3. The van der Waals surface area contributed by atoms with E-state index in [2.05, 4.69) is 35.1 Å². The highest BCUT2D eigenvalue weighted by molar-refractivity contribution is 5.78. The monoisotopic (exact) mass is 1960 g/mol. The van der Waals surface area contributed by atoms with E-state index in [0.717, 1.165) is 71.6 Å². The predicted molar refractivity (Wildman–Crippen MR) is 466 cm³/mol. The molecule has 0 aromatic rings. The van der Waals surface area contributed by atoms with Crippen LogP contribution in [-0.4, -0.2) is 439 Å². The maximum atomic E-state index is 14.0. The van der Waals surface area contributed by atoms with Crippen molar-refractivity contribution in [2.24, 2.45) is 0 Å². The fourth-order valence-corrected chi connectivity index (χ4v) is 18.0. The van der Waals surface area contributed by atoms with Crippen molar-refractivity contribution in [1.29, 1.82) is 0 Å². The van der Waals surface area contributed by atoms with Crippen LogP contribution in [0.25, 0.3) is 0 Å². The molecule has 7 fully saturated rings. The molecule has 4 amide bonds. The lowest BCUT2D eigenvalue weighted by molar-refractivity contribution is -0.403. The van der Waals surface area contributed by atoms with E-state index < -0.39 is 322 Å². The highest BCUT2D eigenvalue weighted by Gasteiger charge is 2.64. The van der Waals surface area contributed by atoms with Crippen LogP contribution in [0.5, 0.6) is 0 Å². The number of rotatable bonds is 62. The van der Waals surface area contributed by atoms with Crippen molar-refractivity contribution in [3.63, 3.8) is 0 Å². The lowest BCUT2D eigenvalue weighted by atomic mass is 9.88. The molecule has 46 nitrogen and oxygen atoms in total. The fraction of sp³-hybridized carbons (Fsp3) is 0.921. The van der Waals surface area contributed by atoms with Crippen LogP contribution in [0.2, 0.25) is 0 Å². The van der Waals surface area contributed by atoms with E-state index >= 15 is 0 Å². The zero-order valence-electron chi connectivity index (χ0n) is 77.8. The topological polar surface area (TPSA) is 728 Å². The van der Waals surface area contributed by atoms with Gasteiger partial charge in [0.25, 0.3) is 5.79 Å². The van der Waals surface area contributed by atoms with Crippen LogP contribution in [0, 0.1) is 0 Å². The molecule has 14 unspecified atom stereocenters. The van der Waals surface area contributed by atoms with Gasteiger partial charge in [0.05, 0.1) is 77.1 Å². The van der Waals surface area contributed by atoms with Crippen molar-refractivity contribution >= 4 is 29.6 Å². The second-order valence-electron chi connectivity index (χ2n) is 36.4. The number of ether oxygens (including phenoxy) is 14. The molecular weight excluding hydrogens is 1800 g/mol. The molecule has 7 saturated heterocycles. The summed E-state index contributed by atoms with van der Waals surface area (Å²) in [5, 5.41) is 268. The Morgan fingerprint density at radius 2 is 0.763 bits per heavy atom. The minimum Gasteiger partial charge on any atom is -0.477 e. The van der Waals surface area contributed by atoms with Gasteiger partial charge in [-0.1, -0.05) is 193 Å². The number of allylic oxidation sites excluding steroid dienone is 1. The van der Waals surface area contributed by atoms with Gasteiger partial charge in [-0.15, -0.1) is 0 Å². The predicted octanol–water partition coefficient (Wildman–Crippen LogP) is -5.50. The van der Waals surface area contributed by atoms with E-state index in [1.807, 2.05) is 6.08 Å². The first-order chi connectivity index (χ1) is 64.7. The SMILES string of the molecule is CCCCCCCCCCCCC/C=C/[C@@H](O)[C@H](CO[C@@H]1OC(CO)[C@@H](O[C@@H]2OC(CO)[C@H](O[C@@H]3OC(CO)[C@H](O)[C@H](O[C@@H]4OC(CO)[C@H](O[C@@H]5OC(CO)[C@H](O)[C@H](O[C@@H]6OC(CO)[C@H](O)[C@H](O)C6O)C5NC(C)=O)[C@H](O[C@]5(C(=O)O)CC(O)[C@@H](NC(=O)CO)C([C@H](O)[C@H](O)CO)O5)C4O)C3NC(C)=O)[C@H](O)C2O)[C@H](O)C1O)NC(=O)CCCCCCCCCCCCCCCCCCC. The maximum absolute atomic E-state index is 14.0. The molecular formula is C89H158N4O42. The molecule has 38 atom stereocenters. The van der Waals surface area contributed by atoms with Gasteiger partial charge in [0.2, 0.25) is 23.6 Å². The first-order valence-corrected chi connectivity index (χ1v) is 48.3. The minimum absolute atomic E-state index is 0.138. The molecule has 27 N–H and O–H groups in total. The summed E-state index contributed by atoms with van der Waals surface area (Å²) in [6.45, 7) is -3.83. The zero-order valence-corrected chi connectivity index (χ0v) is 77.8. The quantitative estimate of drug-likeness (QED) is 0.0200. The molecule has 0 saturated carbocycles. The molecule has 0 bridgehead atoms. The van der Waals surface area contributed by atoms with Crippen molar-refractivity contribution in [2.75, 3.05) is 59.5 Å². The number of carbonyl (C=O) groups excluding carboxylic acids is 4. The summed E-state index contributed by atoms with van der Waals surface area (Å²) in [6, 6.07) is -7.22. The number of unbranched alkanes of at least 4 members (excludes halogenated alkanes) is 27. The van der Waals surface area contributed by atoms with Gasteiger partial charge in [0.1, 0.15) is 171 Å². The van der Waals surface area contributed by atoms with Crippen LogP contribution < -0.4 is 21.3 Å². The number of carbonyl (C=O) groups is 5. The average Bonchev–Trinajstić information content (AvgIpc) is 0.682. The lowest BCUT2D eigenvalue weighted by Crippen LogP contribution is -2.73. The van der Waals surface area contributed by atoms with E-state index in [1.165, 1.54) is 116 Å². The third kappa shape index (κ3) is 34.4. The maximum Gasteiger partial charge on any atom is 0.364 e. The van der Waals surface area contributed by atoms with E-state index in [1.54, 1.807) is 6.08 Å². The number of nitrogens with one attached hydrogen (secondary N) is 4. The summed E-state index contributed by atoms with van der Waals surface area (Å²) in [6.07, 6.45) is -36.0. The molecule has 0 aromatic carbocycles. The molecule has 786 valence electrons. The second-order valence-corrected chi connectivity index (χ2v) is 36.4. The third-order valence-electron chi connectivity index (χ3n) is 25.8. The van der Waals surface area contributed by atoms with Gasteiger partial charge in [-0.2, -0.15) is 0 Å². The molecule has 7 heterocycles. The number of carboxylic acid groups (broad SMARTS) is 1. The second kappa shape index (κ2) is 60.9. The van der Waals surface area contributed by atoms with Gasteiger partial charge in [-0.25, -0.2) is 4.79 Å². The molecule has 46 heteroatoms. The summed E-state index contributed by atoms with van der Waals surface area (Å²) in [4.78, 5) is 67.1. The molecule has 0 aliphatic carbocycles. The molecule has 0 aromatic heterocycles. The molecule has 7 aliphatic rings. The number of hydrogen-bond acceptors (Lipinski definition) is 41. The summed E-state index contributed by atoms with van der Waals surface area (Å²) in [5.41, 5.74) is 0. The van der Waals surface area contributed by atoms with Crippen molar-refractivity contribution in [3.05, 3.63) is 12.2 Å². The minimum atomic E-state index is -3.58. The first kappa shape index (κ1) is 118. The van der Waals surface area contributed by atoms with Crippen molar-refractivity contribution < 1.29 is 208 Å². The van der Waals surface area contributed by atoms with Gasteiger partial charge in [0, 0.05) is 26.7 Å². The summed E-state index contributed by atoms with van der Waals surface area (Å²) in [7, 11) is 0. The van der Waals surface area contributed by atoms with Crippen molar-refractivity contribution in [3.8, 4) is 0 Å². The van der Waals surface area contributed by atoms with Gasteiger partial charge in [0.15, 0.2) is 37.7 Å². The van der Waals surface area contributed by atoms with Crippen LogP contribution in [0.15, 0.2) is 12.2 Å². The Morgan fingerprint density at radius 3 is 1.19 bits per heavy atom. The highest BCUT2D eigenvalue weighted by atomic mass is 16.8. The third-order valence-corrected chi connectivity index (χ3v) is 25.8. The number of aliphatic carboxylic acids is 1. The van der Waals surface area contributed by atoms with Gasteiger partial charge in [-0.05, 0) is 19.3 Å². The van der Waals surface area contributed by atoms with Crippen LogP contribution in [-0.2, 0) is 90.3 Å². The zero-order chi connectivity index (χ0) is 99.2. The van der Waals surface area contributed by atoms with Crippen LogP contribution >= 0.6 is 0 Å². The number of aliphatic hydroxyl groups excluding tert-OH is 22. The Hall–Kier alpha value is -4.35. The van der Waals surface area contributed by atoms with Crippen molar-refractivity contribution in [2.45, 2.75) is 459 Å². The number of amides is 4. The fourth-order valence-electron chi connectivity index (χ4n) is 18.0. The lowest BCUT2D eigenvalue weighted by Gasteiger charge is -2.53. The van der Waals surface area contributed by atoms with E-state index in [0.29, 0.717) is 12.8 Å². The number of carboxylic acids is 1. The van der Waals surface area contributed by atoms with Crippen LogP contribution in [0.4, 0.5) is 0 Å². The largest absolute Gasteiger partial charge is 0.477 e. The molecule has 0 radical (unpaired) electrons. The Labute approximate surface area is 786 Å². The Balaban J connectivity index is 1.09. The van der Waals surface area contributed by atoms with Gasteiger partial charge in [-0.3, -0.25) is 19.2 Å². The standard InChI is InChI=1S/C89H158N4O42/c1-5-7-9-11-13-15-17-19-20-21-22-24-26-28-30-32-34-36-59(107)92-49(50(104)35-33-31-29-27-25-23-18-16-14-12-10-8-6-2)46-122-84-72(117)69(114)76(56(42-98)126-84)130-86-73(118)70(115)75(57(43-99)127-86)129-82-62(90-47(3)102)79(67(112)54(40-96)123-82)133-87-74(119)81(135-89(88(120)121)37-51(105)61(93-60(108)45-101)80(134-89)64(109)52(106)38-94)77(58(44-100)128-87)131-83-63(91-48(4)103)78(66(111)55(41-97)124-83)132-85-71(116)68(113)65(110)53(39-95)125-85/h33,35,49-58,61-87,94-101,104-106,109-119H,5-32,34,36-46H2,1-4H3,(H,90,102)(H,91,103)(H,92,107)(H,93,108)(H,120,121)/b35-33+/t49-,50+,51?,52+,53?,54?,55?,56?,57?,58?,61+,62?,63?,64+,65-,66-,67-,68-,69+,70+,71?,72?,73?,74?,75-,76+,77-,78+,79+,80?,81+,82-,83-,84+,85-,86-,87-,89-/m0/s1. The van der Waals surface area contributed by atoms with Gasteiger partial charge < -0.3 is 205 Å². The van der Waals surface area contributed by atoms with E-state index in [9.17, 15) is 141 Å². The number of hydrogen-bond donors (Lipinski definition) is 27. The van der Waals surface area contributed by atoms with E-state index in [-0.39, 0.29) is 12.3 Å². The molecule has 7 aliphatic heterocycles. The van der Waals surface area contributed by atoms with E-state index in [4.69, 9.17) is 66.3 Å². The summed E-state index contributed by atoms with van der Waals surface area (Å²) >= 11 is 0. The highest BCUT2D eigenvalue weighted by Crippen LogP contribution is 2.43. The number of aliphatic hydroxyl groups is 22. The summed E-state index contributed by atoms with van der Waals surface area (Å²) < 4.78 is 84.4. The van der Waals surface area contributed by atoms with Crippen LogP contribution in [0.3, 0.4) is 0 Å². The van der Waals surface area contributed by atoms with Crippen LogP contribution in [0.1, 0.15) is 227 Å². The average molecular weight is 1960 g/mol. The molecule has 0 spiro atoms. The Morgan fingerprint density at radius 1 is 0.393 bits per heavy atom. The van der Waals surface area contributed by atoms with Crippen molar-refractivity contribution in [1.82, 2.24) is 21.3 Å². The summed E-state index contributed by atoms with van der Waals surface area (Å²) in [5.74, 6) is -9.56. The molecule has 7 rings (SSSR count). The smallest absolute Gasteiger partial charge is 0.364 e. The Bertz CT molecular complexity index is 3350. The Kier molecular flexibility index (Phi) is 53.1. The molecule has 135 heavy (non-hydrogen) atoms. The van der Waals surface area contributed by atoms with Gasteiger partial charge >= 0.3 is 5.97 Å². The normalized spacial score (nSPS) is 36.7.